The summed E-state index contributed by atoms with van der Waals surface area (Å²) in [7, 11) is 0. The zero-order valence-electron chi connectivity index (χ0n) is 8.33. The van der Waals surface area contributed by atoms with Crippen molar-refractivity contribution in [2.24, 2.45) is 5.92 Å². The molecule has 0 saturated heterocycles. The SMILES string of the molecule is CCC(C)CC(O)Cc1ncc[nH]1. The summed E-state index contributed by atoms with van der Waals surface area (Å²) >= 11 is 0. The maximum atomic E-state index is 9.66. The molecule has 1 aromatic heterocycles. The van der Waals surface area contributed by atoms with E-state index in [4.69, 9.17) is 0 Å². The molecular formula is C10H18N2O. The van der Waals surface area contributed by atoms with Gasteiger partial charge in [-0.25, -0.2) is 4.98 Å². The minimum absolute atomic E-state index is 0.263. The molecule has 3 heteroatoms. The highest BCUT2D eigenvalue weighted by molar-refractivity contribution is 4.89. The number of hydrogen-bond acceptors (Lipinski definition) is 2. The normalized spacial score (nSPS) is 15.6. The molecule has 0 aromatic carbocycles. The molecule has 0 spiro atoms. The average Bonchev–Trinajstić information content (AvgIpc) is 2.56. The molecule has 0 aliphatic carbocycles. The van der Waals surface area contributed by atoms with E-state index in [1.54, 1.807) is 12.4 Å². The van der Waals surface area contributed by atoms with Crippen molar-refractivity contribution in [1.82, 2.24) is 9.97 Å². The van der Waals surface area contributed by atoms with E-state index in [0.29, 0.717) is 12.3 Å². The second-order valence-corrected chi connectivity index (χ2v) is 3.64. The number of nitrogens with zero attached hydrogens (tertiary/aromatic N) is 1. The van der Waals surface area contributed by atoms with Crippen LogP contribution in [-0.4, -0.2) is 21.2 Å². The lowest BCUT2D eigenvalue weighted by molar-refractivity contribution is 0.143. The first-order valence-corrected chi connectivity index (χ1v) is 4.88. The van der Waals surface area contributed by atoms with Gasteiger partial charge in [-0.3, -0.25) is 0 Å². The number of aromatic amines is 1. The van der Waals surface area contributed by atoms with Gasteiger partial charge >= 0.3 is 0 Å². The fourth-order valence-corrected chi connectivity index (χ4v) is 1.35. The van der Waals surface area contributed by atoms with Crippen molar-refractivity contribution in [3.05, 3.63) is 18.2 Å². The Balaban J connectivity index is 2.29. The predicted octanol–water partition coefficient (Wildman–Crippen LogP) is 1.75. The van der Waals surface area contributed by atoms with Crippen LogP contribution in [0, 0.1) is 5.92 Å². The Morgan fingerprint density at radius 3 is 2.92 bits per heavy atom. The van der Waals surface area contributed by atoms with Crippen molar-refractivity contribution in [3.63, 3.8) is 0 Å². The van der Waals surface area contributed by atoms with Gasteiger partial charge < -0.3 is 10.1 Å². The second kappa shape index (κ2) is 5.02. The number of aliphatic hydroxyl groups is 1. The van der Waals surface area contributed by atoms with E-state index in [2.05, 4.69) is 23.8 Å². The Morgan fingerprint density at radius 2 is 2.38 bits per heavy atom. The highest BCUT2D eigenvalue weighted by Gasteiger charge is 2.10. The van der Waals surface area contributed by atoms with E-state index in [0.717, 1.165) is 18.7 Å². The van der Waals surface area contributed by atoms with Crippen LogP contribution in [0.3, 0.4) is 0 Å². The number of rotatable bonds is 5. The van der Waals surface area contributed by atoms with E-state index in [9.17, 15) is 5.11 Å². The molecule has 13 heavy (non-hydrogen) atoms. The van der Waals surface area contributed by atoms with Gasteiger partial charge in [0.2, 0.25) is 0 Å². The Morgan fingerprint density at radius 1 is 1.62 bits per heavy atom. The first-order chi connectivity index (χ1) is 6.22. The zero-order valence-corrected chi connectivity index (χ0v) is 8.33. The van der Waals surface area contributed by atoms with Crippen molar-refractivity contribution < 1.29 is 5.11 Å². The van der Waals surface area contributed by atoms with Crippen molar-refractivity contribution in [2.45, 2.75) is 39.2 Å². The molecule has 0 amide bonds. The molecule has 0 saturated carbocycles. The monoisotopic (exact) mass is 182 g/mol. The lowest BCUT2D eigenvalue weighted by Gasteiger charge is -2.13. The summed E-state index contributed by atoms with van der Waals surface area (Å²) in [4.78, 5) is 7.06. The minimum Gasteiger partial charge on any atom is -0.393 e. The quantitative estimate of drug-likeness (QED) is 0.728. The van der Waals surface area contributed by atoms with Crippen LogP contribution in [0.15, 0.2) is 12.4 Å². The number of aliphatic hydroxyl groups excluding tert-OH is 1. The fourth-order valence-electron chi connectivity index (χ4n) is 1.35. The predicted molar refractivity (Wildman–Crippen MR) is 52.4 cm³/mol. The molecule has 1 rings (SSSR count). The molecule has 2 N–H and O–H groups in total. The van der Waals surface area contributed by atoms with Gasteiger partial charge in [0.25, 0.3) is 0 Å². The van der Waals surface area contributed by atoms with Crippen LogP contribution in [0.25, 0.3) is 0 Å². The summed E-state index contributed by atoms with van der Waals surface area (Å²) < 4.78 is 0. The van der Waals surface area contributed by atoms with E-state index in [1.807, 2.05) is 0 Å². The Hall–Kier alpha value is -0.830. The third-order valence-corrected chi connectivity index (χ3v) is 2.36. The summed E-state index contributed by atoms with van der Waals surface area (Å²) in [6, 6.07) is 0. The van der Waals surface area contributed by atoms with E-state index in [-0.39, 0.29) is 6.10 Å². The maximum Gasteiger partial charge on any atom is 0.108 e. The van der Waals surface area contributed by atoms with Gasteiger partial charge in [-0.05, 0) is 12.3 Å². The van der Waals surface area contributed by atoms with Gasteiger partial charge in [0, 0.05) is 18.8 Å². The van der Waals surface area contributed by atoms with E-state index in [1.165, 1.54) is 0 Å². The summed E-state index contributed by atoms with van der Waals surface area (Å²) in [5.74, 6) is 1.46. The molecule has 2 atom stereocenters. The lowest BCUT2D eigenvalue weighted by atomic mass is 9.99. The molecule has 1 aromatic rings. The van der Waals surface area contributed by atoms with Gasteiger partial charge in [-0.1, -0.05) is 20.3 Å². The molecule has 2 unspecified atom stereocenters. The molecule has 0 fully saturated rings. The number of imidazole rings is 1. The standard InChI is InChI=1S/C10H18N2O/c1-3-8(2)6-9(13)7-10-11-4-5-12-10/h4-5,8-9,13H,3,6-7H2,1-2H3,(H,11,12). The average molecular weight is 182 g/mol. The lowest BCUT2D eigenvalue weighted by Crippen LogP contribution is -2.15. The van der Waals surface area contributed by atoms with Crippen molar-refractivity contribution >= 4 is 0 Å². The highest BCUT2D eigenvalue weighted by atomic mass is 16.3. The van der Waals surface area contributed by atoms with Crippen LogP contribution in [-0.2, 0) is 6.42 Å². The van der Waals surface area contributed by atoms with Crippen LogP contribution in [0.2, 0.25) is 0 Å². The number of nitrogens with one attached hydrogen (secondary N) is 1. The topological polar surface area (TPSA) is 48.9 Å². The van der Waals surface area contributed by atoms with Crippen LogP contribution in [0.4, 0.5) is 0 Å². The van der Waals surface area contributed by atoms with E-state index < -0.39 is 0 Å². The zero-order chi connectivity index (χ0) is 9.68. The summed E-state index contributed by atoms with van der Waals surface area (Å²) in [5.41, 5.74) is 0. The second-order valence-electron chi connectivity index (χ2n) is 3.64. The smallest absolute Gasteiger partial charge is 0.108 e. The number of hydrogen-bond donors (Lipinski definition) is 2. The summed E-state index contributed by atoms with van der Waals surface area (Å²) in [6.45, 7) is 4.30. The third-order valence-electron chi connectivity index (χ3n) is 2.36. The number of H-pyrrole nitrogens is 1. The van der Waals surface area contributed by atoms with Crippen molar-refractivity contribution in [2.75, 3.05) is 0 Å². The molecular weight excluding hydrogens is 164 g/mol. The first kappa shape index (κ1) is 10.3. The van der Waals surface area contributed by atoms with Gasteiger partial charge in [-0.2, -0.15) is 0 Å². The molecule has 0 radical (unpaired) electrons. The van der Waals surface area contributed by atoms with Crippen LogP contribution < -0.4 is 0 Å². The maximum absolute atomic E-state index is 9.66. The van der Waals surface area contributed by atoms with Crippen LogP contribution >= 0.6 is 0 Å². The molecule has 0 bridgehead atoms. The molecule has 0 aliphatic rings. The third kappa shape index (κ3) is 3.59. The molecule has 1 heterocycles. The molecule has 74 valence electrons. The number of aromatic nitrogens is 2. The Labute approximate surface area is 79.2 Å². The largest absolute Gasteiger partial charge is 0.393 e. The summed E-state index contributed by atoms with van der Waals surface area (Å²) in [6.07, 6.45) is 5.85. The summed E-state index contributed by atoms with van der Waals surface area (Å²) in [5, 5.41) is 9.66. The highest BCUT2D eigenvalue weighted by Crippen LogP contribution is 2.11. The Kier molecular flexibility index (Phi) is 3.96. The van der Waals surface area contributed by atoms with Crippen molar-refractivity contribution in [3.8, 4) is 0 Å². The fraction of sp³-hybridized carbons (Fsp3) is 0.700. The minimum atomic E-state index is -0.263. The first-order valence-electron chi connectivity index (χ1n) is 4.88. The van der Waals surface area contributed by atoms with E-state index >= 15 is 0 Å². The van der Waals surface area contributed by atoms with Crippen molar-refractivity contribution in [1.29, 1.82) is 0 Å². The van der Waals surface area contributed by atoms with Gasteiger partial charge in [0.05, 0.1) is 6.10 Å². The van der Waals surface area contributed by atoms with Gasteiger partial charge in [0.15, 0.2) is 0 Å². The van der Waals surface area contributed by atoms with Crippen LogP contribution in [0.5, 0.6) is 0 Å². The van der Waals surface area contributed by atoms with Gasteiger partial charge in [-0.15, -0.1) is 0 Å². The molecule has 3 nitrogen and oxygen atoms in total. The Bertz CT molecular complexity index is 221. The van der Waals surface area contributed by atoms with Crippen LogP contribution in [0.1, 0.15) is 32.5 Å². The van der Waals surface area contributed by atoms with Gasteiger partial charge in [0.1, 0.15) is 5.82 Å². The molecule has 0 aliphatic heterocycles.